The monoisotopic (exact) mass is 323 g/mol. The molecule has 0 saturated heterocycles. The van der Waals surface area contributed by atoms with E-state index in [0.29, 0.717) is 12.0 Å². The summed E-state index contributed by atoms with van der Waals surface area (Å²) in [5, 5.41) is 20.7. The first kappa shape index (κ1) is 18.5. The first-order valence-corrected chi connectivity index (χ1v) is 7.08. The molecule has 0 saturated carbocycles. The molecular formula is C16H21NO6. The molecule has 0 aliphatic heterocycles. The predicted molar refractivity (Wildman–Crippen MR) is 82.9 cm³/mol. The Morgan fingerprint density at radius 2 is 1.70 bits per heavy atom. The first-order chi connectivity index (χ1) is 10.5. The Morgan fingerprint density at radius 3 is 2.17 bits per heavy atom. The fourth-order valence-corrected chi connectivity index (χ4v) is 2.00. The maximum atomic E-state index is 11.7. The Kier molecular flexibility index (Phi) is 5.73. The van der Waals surface area contributed by atoms with E-state index in [1.54, 1.807) is 27.7 Å². The Morgan fingerprint density at radius 1 is 1.13 bits per heavy atom. The molecule has 1 amide bonds. The zero-order valence-electron chi connectivity index (χ0n) is 13.5. The smallest absolute Gasteiger partial charge is 0.407 e. The number of benzene rings is 1. The van der Waals surface area contributed by atoms with Crippen molar-refractivity contribution in [1.29, 1.82) is 0 Å². The summed E-state index contributed by atoms with van der Waals surface area (Å²) in [5.41, 5.74) is -0.548. The summed E-state index contributed by atoms with van der Waals surface area (Å²) in [6, 6.07) is 3.78. The molecule has 23 heavy (non-hydrogen) atoms. The molecule has 0 aliphatic carbocycles. The molecule has 1 atom stereocenters. The van der Waals surface area contributed by atoms with Gasteiger partial charge in [0, 0.05) is 6.04 Å². The molecule has 0 aromatic heterocycles. The summed E-state index contributed by atoms with van der Waals surface area (Å²) in [6.45, 7) is 7.00. The molecule has 1 aromatic carbocycles. The highest BCUT2D eigenvalue weighted by atomic mass is 16.6. The second kappa shape index (κ2) is 7.13. The van der Waals surface area contributed by atoms with E-state index < -0.39 is 23.6 Å². The maximum Gasteiger partial charge on any atom is 0.407 e. The lowest BCUT2D eigenvalue weighted by Crippen LogP contribution is -2.38. The number of hydrogen-bond donors (Lipinski definition) is 3. The van der Waals surface area contributed by atoms with E-state index in [4.69, 9.17) is 14.9 Å². The SMILES string of the molecule is CC(Cc1ccc(C(=O)O)c(C(=O)O)c1)NC(=O)OC(C)(C)C. The molecule has 3 N–H and O–H groups in total. The highest BCUT2D eigenvalue weighted by Gasteiger charge is 2.19. The van der Waals surface area contributed by atoms with Gasteiger partial charge in [0.25, 0.3) is 0 Å². The van der Waals surface area contributed by atoms with Crippen LogP contribution in [0.5, 0.6) is 0 Å². The van der Waals surface area contributed by atoms with E-state index in [1.165, 1.54) is 18.2 Å². The molecule has 7 nitrogen and oxygen atoms in total. The molecule has 0 radical (unpaired) electrons. The van der Waals surface area contributed by atoms with Gasteiger partial charge in [0.15, 0.2) is 0 Å². The van der Waals surface area contributed by atoms with Gasteiger partial charge in [0.2, 0.25) is 0 Å². The van der Waals surface area contributed by atoms with Crippen LogP contribution in [0.25, 0.3) is 0 Å². The van der Waals surface area contributed by atoms with Crippen LogP contribution in [0.1, 0.15) is 54.0 Å². The zero-order valence-corrected chi connectivity index (χ0v) is 13.5. The number of carbonyl (C=O) groups excluding carboxylic acids is 1. The van der Waals surface area contributed by atoms with E-state index in [1.807, 2.05) is 0 Å². The van der Waals surface area contributed by atoms with Crippen LogP contribution in [0.2, 0.25) is 0 Å². The van der Waals surface area contributed by atoms with E-state index in [-0.39, 0.29) is 17.2 Å². The van der Waals surface area contributed by atoms with Crippen LogP contribution in [0.15, 0.2) is 18.2 Å². The minimum absolute atomic E-state index is 0.269. The van der Waals surface area contributed by atoms with Crippen molar-refractivity contribution in [3.8, 4) is 0 Å². The molecule has 1 aromatic rings. The number of ether oxygens (including phenoxy) is 1. The largest absolute Gasteiger partial charge is 0.478 e. The lowest BCUT2D eigenvalue weighted by atomic mass is 10.00. The molecule has 7 heteroatoms. The Balaban J connectivity index is 2.81. The molecule has 0 bridgehead atoms. The molecule has 1 unspecified atom stereocenters. The molecule has 126 valence electrons. The van der Waals surface area contributed by atoms with Gasteiger partial charge in [-0.2, -0.15) is 0 Å². The fraction of sp³-hybridized carbons (Fsp3) is 0.438. The van der Waals surface area contributed by atoms with Gasteiger partial charge in [0.05, 0.1) is 11.1 Å². The fourth-order valence-electron chi connectivity index (χ4n) is 2.00. The lowest BCUT2D eigenvalue weighted by molar-refractivity contribution is 0.0507. The Bertz CT molecular complexity index is 617. The Labute approximate surface area is 134 Å². The van der Waals surface area contributed by atoms with Crippen LogP contribution >= 0.6 is 0 Å². The van der Waals surface area contributed by atoms with Crippen molar-refractivity contribution in [3.05, 3.63) is 34.9 Å². The third-order valence-corrected chi connectivity index (χ3v) is 2.85. The summed E-state index contributed by atoms with van der Waals surface area (Å²) >= 11 is 0. The van der Waals surface area contributed by atoms with Crippen molar-refractivity contribution >= 4 is 18.0 Å². The highest BCUT2D eigenvalue weighted by molar-refractivity contribution is 6.01. The van der Waals surface area contributed by atoms with Crippen molar-refractivity contribution in [1.82, 2.24) is 5.32 Å². The second-order valence-electron chi connectivity index (χ2n) is 6.24. The number of carboxylic acid groups (broad SMARTS) is 2. The van der Waals surface area contributed by atoms with E-state index >= 15 is 0 Å². The van der Waals surface area contributed by atoms with Gasteiger partial charge in [-0.15, -0.1) is 0 Å². The van der Waals surface area contributed by atoms with E-state index in [9.17, 15) is 14.4 Å². The van der Waals surface area contributed by atoms with Gasteiger partial charge < -0.3 is 20.3 Å². The number of alkyl carbamates (subject to hydrolysis) is 1. The van der Waals surface area contributed by atoms with Gasteiger partial charge in [-0.3, -0.25) is 0 Å². The third-order valence-electron chi connectivity index (χ3n) is 2.85. The number of carbonyl (C=O) groups is 3. The summed E-state index contributed by atoms with van der Waals surface area (Å²) in [4.78, 5) is 33.8. The number of rotatable bonds is 5. The van der Waals surface area contributed by atoms with Gasteiger partial charge in [-0.1, -0.05) is 6.07 Å². The Hall–Kier alpha value is -2.57. The van der Waals surface area contributed by atoms with Gasteiger partial charge >= 0.3 is 18.0 Å². The van der Waals surface area contributed by atoms with Gasteiger partial charge in [0.1, 0.15) is 5.60 Å². The number of amides is 1. The van der Waals surface area contributed by atoms with Crippen LogP contribution < -0.4 is 5.32 Å². The van der Waals surface area contributed by atoms with Crippen LogP contribution in [-0.2, 0) is 11.2 Å². The molecule has 0 fully saturated rings. The summed E-state index contributed by atoms with van der Waals surface area (Å²) in [5.74, 6) is -2.61. The summed E-state index contributed by atoms with van der Waals surface area (Å²) in [6.07, 6.45) is -0.218. The van der Waals surface area contributed by atoms with Crippen molar-refractivity contribution in [2.45, 2.75) is 45.8 Å². The molecule has 0 aliphatic rings. The highest BCUT2D eigenvalue weighted by Crippen LogP contribution is 2.14. The quantitative estimate of drug-likeness (QED) is 0.767. The summed E-state index contributed by atoms with van der Waals surface area (Å²) < 4.78 is 5.14. The van der Waals surface area contributed by atoms with Gasteiger partial charge in [-0.25, -0.2) is 14.4 Å². The average Bonchev–Trinajstić information content (AvgIpc) is 2.35. The van der Waals surface area contributed by atoms with E-state index in [2.05, 4.69) is 5.32 Å². The second-order valence-corrected chi connectivity index (χ2v) is 6.24. The number of nitrogens with one attached hydrogen (secondary N) is 1. The molecule has 0 heterocycles. The van der Waals surface area contributed by atoms with Crippen LogP contribution in [0.3, 0.4) is 0 Å². The topological polar surface area (TPSA) is 113 Å². The minimum atomic E-state index is -1.31. The normalized spacial score (nSPS) is 12.3. The maximum absolute atomic E-state index is 11.7. The minimum Gasteiger partial charge on any atom is -0.478 e. The zero-order chi connectivity index (χ0) is 17.8. The molecule has 0 spiro atoms. The van der Waals surface area contributed by atoms with Crippen LogP contribution in [0.4, 0.5) is 4.79 Å². The molecular weight excluding hydrogens is 302 g/mol. The van der Waals surface area contributed by atoms with Crippen LogP contribution in [0, 0.1) is 0 Å². The standard InChI is InChI=1S/C16H21NO6/c1-9(17-15(22)23-16(2,3)4)7-10-5-6-11(13(18)19)12(8-10)14(20)21/h5-6,8-9H,7H2,1-4H3,(H,17,22)(H,18,19)(H,20,21). The van der Waals surface area contributed by atoms with Crippen LogP contribution in [-0.4, -0.2) is 39.9 Å². The number of aromatic carboxylic acids is 2. The lowest BCUT2D eigenvalue weighted by Gasteiger charge is -2.22. The van der Waals surface area contributed by atoms with Crippen molar-refractivity contribution in [2.24, 2.45) is 0 Å². The van der Waals surface area contributed by atoms with Crippen molar-refractivity contribution in [2.75, 3.05) is 0 Å². The average molecular weight is 323 g/mol. The first-order valence-electron chi connectivity index (χ1n) is 7.08. The molecule has 1 rings (SSSR count). The number of carboxylic acids is 2. The number of hydrogen-bond acceptors (Lipinski definition) is 4. The van der Waals surface area contributed by atoms with Gasteiger partial charge in [-0.05, 0) is 51.8 Å². The van der Waals surface area contributed by atoms with Crippen molar-refractivity contribution < 1.29 is 29.3 Å². The van der Waals surface area contributed by atoms with E-state index in [0.717, 1.165) is 0 Å². The summed E-state index contributed by atoms with van der Waals surface area (Å²) in [7, 11) is 0. The third kappa shape index (κ3) is 5.98. The predicted octanol–water partition coefficient (Wildman–Crippen LogP) is 2.54. The van der Waals surface area contributed by atoms with Crippen molar-refractivity contribution in [3.63, 3.8) is 0 Å².